The van der Waals surface area contributed by atoms with E-state index in [2.05, 4.69) is 5.32 Å². The van der Waals surface area contributed by atoms with Crippen molar-refractivity contribution in [3.8, 4) is 5.75 Å². The highest BCUT2D eigenvalue weighted by Crippen LogP contribution is 2.25. The van der Waals surface area contributed by atoms with Crippen molar-refractivity contribution in [2.75, 3.05) is 38.2 Å². The summed E-state index contributed by atoms with van der Waals surface area (Å²) >= 11 is 6.14. The van der Waals surface area contributed by atoms with Gasteiger partial charge >= 0.3 is 0 Å². The van der Waals surface area contributed by atoms with Gasteiger partial charge in [-0.25, -0.2) is 0 Å². The lowest BCUT2D eigenvalue weighted by atomic mass is 10.1. The Hall–Kier alpha value is -2.57. The lowest BCUT2D eigenvalue weighted by Gasteiger charge is -2.26. The van der Waals surface area contributed by atoms with Crippen molar-refractivity contribution in [2.24, 2.45) is 0 Å². The molecular weight excluding hydrogens is 380 g/mol. The lowest BCUT2D eigenvalue weighted by Crippen LogP contribution is -2.40. The van der Waals surface area contributed by atoms with Crippen LogP contribution in [0.25, 0.3) is 0 Å². The minimum Gasteiger partial charge on any atom is -0.484 e. The van der Waals surface area contributed by atoms with E-state index in [1.165, 1.54) is 0 Å². The number of benzene rings is 2. The number of nitrogens with zero attached hydrogens (tertiary/aromatic N) is 1. The number of morpholine rings is 1. The number of amides is 2. The average Bonchev–Trinajstić information content (AvgIpc) is 2.71. The first kappa shape index (κ1) is 20.2. The SMILES string of the molecule is Cc1cc(OCC(=O)Nc2ccc(C(=O)N3CCOCC3)cc2)cc(C)c1Cl. The van der Waals surface area contributed by atoms with Gasteiger partial charge in [-0.3, -0.25) is 9.59 Å². The first-order valence-electron chi connectivity index (χ1n) is 9.10. The van der Waals surface area contributed by atoms with Gasteiger partial charge in [0.2, 0.25) is 0 Å². The van der Waals surface area contributed by atoms with Gasteiger partial charge in [-0.15, -0.1) is 0 Å². The molecule has 2 aromatic rings. The molecule has 148 valence electrons. The Morgan fingerprint density at radius 3 is 2.32 bits per heavy atom. The van der Waals surface area contributed by atoms with Crippen molar-refractivity contribution in [1.82, 2.24) is 4.90 Å². The van der Waals surface area contributed by atoms with Gasteiger partial charge in [-0.2, -0.15) is 0 Å². The fraction of sp³-hybridized carbons (Fsp3) is 0.333. The number of hydrogen-bond acceptors (Lipinski definition) is 4. The number of carbonyl (C=O) groups excluding carboxylic acids is 2. The quantitative estimate of drug-likeness (QED) is 0.831. The number of carbonyl (C=O) groups is 2. The van der Waals surface area contributed by atoms with Crippen LogP contribution < -0.4 is 10.1 Å². The van der Waals surface area contributed by atoms with Crippen molar-refractivity contribution >= 4 is 29.1 Å². The van der Waals surface area contributed by atoms with Crippen molar-refractivity contribution in [3.05, 3.63) is 58.1 Å². The zero-order valence-corrected chi connectivity index (χ0v) is 16.7. The van der Waals surface area contributed by atoms with Gasteiger partial charge in [-0.1, -0.05) is 11.6 Å². The second-order valence-electron chi connectivity index (χ2n) is 6.69. The monoisotopic (exact) mass is 402 g/mol. The predicted octanol–water partition coefficient (Wildman–Crippen LogP) is 3.45. The Kier molecular flexibility index (Phi) is 6.54. The third kappa shape index (κ3) is 5.03. The molecule has 1 aliphatic heterocycles. The van der Waals surface area contributed by atoms with E-state index in [1.54, 1.807) is 41.3 Å². The molecule has 0 bridgehead atoms. The maximum atomic E-state index is 12.4. The van der Waals surface area contributed by atoms with Gasteiger partial charge in [0, 0.05) is 29.4 Å². The van der Waals surface area contributed by atoms with Crippen LogP contribution in [0.1, 0.15) is 21.5 Å². The van der Waals surface area contributed by atoms with E-state index in [0.717, 1.165) is 11.1 Å². The van der Waals surface area contributed by atoms with Crippen molar-refractivity contribution < 1.29 is 19.1 Å². The van der Waals surface area contributed by atoms with Crippen molar-refractivity contribution in [2.45, 2.75) is 13.8 Å². The molecule has 1 saturated heterocycles. The third-order valence-electron chi connectivity index (χ3n) is 4.49. The van der Waals surface area contributed by atoms with Gasteiger partial charge in [0.1, 0.15) is 5.75 Å². The molecular formula is C21H23ClN2O4. The fourth-order valence-electron chi connectivity index (χ4n) is 2.98. The van der Waals surface area contributed by atoms with E-state index in [0.29, 0.717) is 48.3 Å². The Morgan fingerprint density at radius 2 is 1.71 bits per heavy atom. The smallest absolute Gasteiger partial charge is 0.262 e. The molecule has 1 heterocycles. The summed E-state index contributed by atoms with van der Waals surface area (Å²) < 4.78 is 10.8. The molecule has 2 amide bonds. The van der Waals surface area contributed by atoms with E-state index in [1.807, 2.05) is 13.8 Å². The van der Waals surface area contributed by atoms with Crippen LogP contribution in [0, 0.1) is 13.8 Å². The van der Waals surface area contributed by atoms with Gasteiger partial charge in [0.25, 0.3) is 11.8 Å². The number of rotatable bonds is 5. The minimum absolute atomic E-state index is 0.0296. The van der Waals surface area contributed by atoms with Crippen LogP contribution in [0.3, 0.4) is 0 Å². The minimum atomic E-state index is -0.280. The van der Waals surface area contributed by atoms with Crippen LogP contribution in [-0.4, -0.2) is 49.6 Å². The summed E-state index contributed by atoms with van der Waals surface area (Å²) in [6.45, 7) is 5.98. The number of nitrogens with one attached hydrogen (secondary N) is 1. The van der Waals surface area contributed by atoms with Crippen LogP contribution in [-0.2, 0) is 9.53 Å². The molecule has 1 aliphatic rings. The number of aryl methyl sites for hydroxylation is 2. The van der Waals surface area contributed by atoms with Crippen LogP contribution in [0.2, 0.25) is 5.02 Å². The molecule has 0 aromatic heterocycles. The van der Waals surface area contributed by atoms with Crippen molar-refractivity contribution in [1.29, 1.82) is 0 Å². The van der Waals surface area contributed by atoms with Crippen molar-refractivity contribution in [3.63, 3.8) is 0 Å². The lowest BCUT2D eigenvalue weighted by molar-refractivity contribution is -0.118. The largest absolute Gasteiger partial charge is 0.484 e. The fourth-order valence-corrected chi connectivity index (χ4v) is 3.09. The summed E-state index contributed by atoms with van der Waals surface area (Å²) in [7, 11) is 0. The molecule has 0 atom stereocenters. The first-order chi connectivity index (χ1) is 13.4. The standard InChI is InChI=1S/C21H23ClN2O4/c1-14-11-18(12-15(2)20(14)22)28-13-19(25)23-17-5-3-16(4-6-17)21(26)24-7-9-27-10-8-24/h3-6,11-12H,7-10,13H2,1-2H3,(H,23,25). The van der Waals surface area contributed by atoms with Crippen LogP contribution in [0.4, 0.5) is 5.69 Å². The highest BCUT2D eigenvalue weighted by atomic mass is 35.5. The molecule has 0 saturated carbocycles. The number of hydrogen-bond donors (Lipinski definition) is 1. The molecule has 1 N–H and O–H groups in total. The summed E-state index contributed by atoms with van der Waals surface area (Å²) in [5.41, 5.74) is 2.99. The Balaban J connectivity index is 1.53. The van der Waals surface area contributed by atoms with E-state index < -0.39 is 0 Å². The summed E-state index contributed by atoms with van der Waals surface area (Å²) in [5, 5.41) is 3.46. The summed E-state index contributed by atoms with van der Waals surface area (Å²) in [5.74, 6) is 0.288. The first-order valence-corrected chi connectivity index (χ1v) is 9.48. The summed E-state index contributed by atoms with van der Waals surface area (Å²) in [6, 6.07) is 10.4. The van der Waals surface area contributed by atoms with Crippen LogP contribution in [0.15, 0.2) is 36.4 Å². The zero-order chi connectivity index (χ0) is 20.1. The van der Waals surface area contributed by atoms with E-state index in [4.69, 9.17) is 21.1 Å². The number of anilines is 1. The van der Waals surface area contributed by atoms with Gasteiger partial charge in [-0.05, 0) is 61.4 Å². The predicted molar refractivity (Wildman–Crippen MR) is 108 cm³/mol. The highest BCUT2D eigenvalue weighted by molar-refractivity contribution is 6.32. The molecule has 0 unspecified atom stereocenters. The normalized spacial score (nSPS) is 13.9. The topological polar surface area (TPSA) is 67.9 Å². The van der Waals surface area contributed by atoms with E-state index >= 15 is 0 Å². The van der Waals surface area contributed by atoms with E-state index in [-0.39, 0.29) is 18.4 Å². The molecule has 2 aromatic carbocycles. The maximum absolute atomic E-state index is 12.4. The van der Waals surface area contributed by atoms with Gasteiger partial charge in [0.05, 0.1) is 13.2 Å². The average molecular weight is 403 g/mol. The second-order valence-corrected chi connectivity index (χ2v) is 7.07. The van der Waals surface area contributed by atoms with Gasteiger partial charge in [0.15, 0.2) is 6.61 Å². The van der Waals surface area contributed by atoms with E-state index in [9.17, 15) is 9.59 Å². The molecule has 3 rings (SSSR count). The maximum Gasteiger partial charge on any atom is 0.262 e. The second kappa shape index (κ2) is 9.08. The Labute approximate surface area is 169 Å². The van der Waals surface area contributed by atoms with Crippen LogP contribution in [0.5, 0.6) is 5.75 Å². The Morgan fingerprint density at radius 1 is 1.11 bits per heavy atom. The number of halogens is 1. The zero-order valence-electron chi connectivity index (χ0n) is 16.0. The molecule has 0 spiro atoms. The van der Waals surface area contributed by atoms with Crippen LogP contribution >= 0.6 is 11.6 Å². The highest BCUT2D eigenvalue weighted by Gasteiger charge is 2.18. The summed E-state index contributed by atoms with van der Waals surface area (Å²) in [4.78, 5) is 26.3. The van der Waals surface area contributed by atoms with Gasteiger partial charge < -0.3 is 19.7 Å². The third-order valence-corrected chi connectivity index (χ3v) is 5.09. The molecule has 0 aliphatic carbocycles. The molecule has 28 heavy (non-hydrogen) atoms. The summed E-state index contributed by atoms with van der Waals surface area (Å²) in [6.07, 6.45) is 0. The number of ether oxygens (including phenoxy) is 2. The molecule has 1 fully saturated rings. The Bertz CT molecular complexity index is 838. The molecule has 6 nitrogen and oxygen atoms in total. The molecule has 7 heteroatoms. The molecule has 0 radical (unpaired) electrons.